The van der Waals surface area contributed by atoms with Gasteiger partial charge in [-0.25, -0.2) is 0 Å². The first kappa shape index (κ1) is 36.1. The zero-order chi connectivity index (χ0) is 40.7. The Labute approximate surface area is 359 Å². The lowest BCUT2D eigenvalue weighted by Gasteiger charge is -2.53. The average molecular weight is 796 g/mol. The Bertz CT molecular complexity index is 3020. The van der Waals surface area contributed by atoms with Crippen LogP contribution in [0.1, 0.15) is 77.0 Å². The lowest BCUT2D eigenvalue weighted by Crippen LogP contribution is -2.64. The molecule has 1 aromatic heterocycles. The fraction of sp³-hybridized carbons (Fsp3) is 0.236. The van der Waals surface area contributed by atoms with E-state index in [4.69, 9.17) is 0 Å². The van der Waals surface area contributed by atoms with Crippen LogP contribution in [0.4, 0.5) is 39.8 Å². The molecule has 0 bridgehead atoms. The lowest BCUT2D eigenvalue weighted by molar-refractivity contribution is 0.195. The molecule has 12 rings (SSSR count). The van der Waals surface area contributed by atoms with Gasteiger partial charge >= 0.3 is 6.85 Å². The summed E-state index contributed by atoms with van der Waals surface area (Å²) in [6, 6.07) is 55.4. The van der Waals surface area contributed by atoms with Crippen LogP contribution < -0.4 is 25.5 Å². The molecule has 4 heterocycles. The second-order valence-corrected chi connectivity index (χ2v) is 20.4. The molecule has 8 aromatic rings. The van der Waals surface area contributed by atoms with Gasteiger partial charge in [-0.05, 0) is 126 Å². The number of fused-ring (bicyclic) bond motifs is 11. The molecule has 1 aliphatic carbocycles. The lowest BCUT2D eigenvalue weighted by atomic mass is 9.43. The van der Waals surface area contributed by atoms with Gasteiger partial charge in [0.25, 0.3) is 0 Å². The molecule has 0 spiro atoms. The van der Waals surface area contributed by atoms with Gasteiger partial charge in [-0.3, -0.25) is 0 Å². The van der Waals surface area contributed by atoms with E-state index >= 15 is 0 Å². The van der Waals surface area contributed by atoms with Crippen LogP contribution in [-0.4, -0.2) is 12.4 Å². The first-order chi connectivity index (χ1) is 29.1. The van der Waals surface area contributed by atoms with Gasteiger partial charge in [0.05, 0.1) is 5.54 Å². The van der Waals surface area contributed by atoms with Crippen molar-refractivity contribution in [2.24, 2.45) is 0 Å². The van der Waals surface area contributed by atoms with Crippen molar-refractivity contribution in [2.75, 3.05) is 14.6 Å². The van der Waals surface area contributed by atoms with Crippen molar-refractivity contribution in [2.45, 2.75) is 83.6 Å². The minimum Gasteiger partial charge on any atom is -0.376 e. The van der Waals surface area contributed by atoms with Crippen LogP contribution in [0.15, 0.2) is 146 Å². The molecule has 3 nitrogen and oxygen atoms in total. The Morgan fingerprint density at radius 3 is 2.07 bits per heavy atom. The predicted octanol–water partition coefficient (Wildman–Crippen LogP) is 14.1. The van der Waals surface area contributed by atoms with E-state index in [-0.39, 0.29) is 23.2 Å². The summed E-state index contributed by atoms with van der Waals surface area (Å²) in [5, 5.41) is 2.70. The number of para-hydroxylation sites is 3. The fourth-order valence-corrected chi connectivity index (χ4v) is 13.0. The largest absolute Gasteiger partial charge is 0.376 e. The number of hydrogen-bond donors (Lipinski definition) is 0. The Balaban J connectivity index is 1.29. The molecule has 3 aliphatic heterocycles. The van der Waals surface area contributed by atoms with Gasteiger partial charge in [0, 0.05) is 71.0 Å². The Kier molecular flexibility index (Phi) is 7.60. The van der Waals surface area contributed by atoms with Gasteiger partial charge in [-0.1, -0.05) is 125 Å². The molecule has 5 heteroatoms. The van der Waals surface area contributed by atoms with E-state index in [0.29, 0.717) is 0 Å². The summed E-state index contributed by atoms with van der Waals surface area (Å²) in [7, 11) is 0. The summed E-state index contributed by atoms with van der Waals surface area (Å²) < 4.78 is 2.67. The number of rotatable bonds is 4. The minimum absolute atomic E-state index is 0.0112. The minimum atomic E-state index is -0.102. The quantitative estimate of drug-likeness (QED) is 0.164. The van der Waals surface area contributed by atoms with E-state index in [1.54, 1.807) is 5.56 Å². The zero-order valence-electron chi connectivity index (χ0n) is 35.5. The van der Waals surface area contributed by atoms with Crippen LogP contribution in [0.5, 0.6) is 0 Å². The van der Waals surface area contributed by atoms with Crippen molar-refractivity contribution in [3.05, 3.63) is 162 Å². The molecule has 294 valence electrons. The summed E-state index contributed by atoms with van der Waals surface area (Å²) in [6.07, 6.45) is 4.85. The van der Waals surface area contributed by atoms with Crippen molar-refractivity contribution in [3.63, 3.8) is 0 Å². The van der Waals surface area contributed by atoms with Crippen LogP contribution >= 0.6 is 11.3 Å². The number of nitrogens with zero attached hydrogens (tertiary/aromatic N) is 3. The Morgan fingerprint density at radius 2 is 1.33 bits per heavy atom. The monoisotopic (exact) mass is 795 g/mol. The number of hydrogen-bond acceptors (Lipinski definition) is 4. The van der Waals surface area contributed by atoms with Gasteiger partial charge in [0.1, 0.15) is 0 Å². The first-order valence-corrected chi connectivity index (χ1v) is 22.8. The zero-order valence-corrected chi connectivity index (χ0v) is 36.3. The number of anilines is 7. The fourth-order valence-electron chi connectivity index (χ4n) is 11.9. The van der Waals surface area contributed by atoms with Crippen molar-refractivity contribution in [1.82, 2.24) is 0 Å². The van der Waals surface area contributed by atoms with Crippen molar-refractivity contribution < 1.29 is 0 Å². The normalized spacial score (nSPS) is 19.9. The molecule has 0 radical (unpaired) electrons. The third-order valence-corrected chi connectivity index (χ3v) is 16.2. The third kappa shape index (κ3) is 4.79. The molecule has 1 saturated carbocycles. The second-order valence-electron chi connectivity index (χ2n) is 19.3. The topological polar surface area (TPSA) is 9.72 Å². The van der Waals surface area contributed by atoms with Crippen LogP contribution in [0.3, 0.4) is 0 Å². The second kappa shape index (κ2) is 12.6. The molecular formula is C55H50BN3S. The standard InChI is InChI=1S/C55H50BN3S/c1-35-19-13-15-25-44(35)59-45-27-28-48-50(40-24-14-16-26-47(40)60-48)49(45)41-33-39(57(37-20-9-7-10-21-37)38-22-11-8-12-23-38)34-46-51(41)56(59)43-32-36(53(2,3)4)31-42-52(43)58(46)55(6)30-18-17-29-54(42,55)5/h7-16,19-28,31-34H,17-18,29-30H2,1-6H3. The van der Waals surface area contributed by atoms with E-state index in [1.807, 2.05) is 11.3 Å². The SMILES string of the molecule is Cc1ccccc1N1B2c3cc(C(C)(C)C)cc4c3N(c3cc(N(c5ccccc5)c5ccccc5)cc(c32)-c2c1ccc1sc3ccccc3c21)C1(C)CCCCC41C. The van der Waals surface area contributed by atoms with Crippen LogP contribution in [0, 0.1) is 6.92 Å². The van der Waals surface area contributed by atoms with Gasteiger partial charge in [-0.15, -0.1) is 11.3 Å². The molecule has 0 N–H and O–H groups in total. The van der Waals surface area contributed by atoms with Gasteiger partial charge in [-0.2, -0.15) is 0 Å². The molecule has 4 aliphatic rings. The Hall–Kier alpha value is -5.78. The molecular weight excluding hydrogens is 746 g/mol. The molecule has 1 fully saturated rings. The number of aryl methyl sites for hydroxylation is 1. The molecule has 60 heavy (non-hydrogen) atoms. The van der Waals surface area contributed by atoms with Crippen LogP contribution in [0.25, 0.3) is 31.3 Å². The van der Waals surface area contributed by atoms with E-state index in [1.165, 1.54) is 101 Å². The molecule has 0 saturated heterocycles. The van der Waals surface area contributed by atoms with Gasteiger partial charge in [0.2, 0.25) is 0 Å². The van der Waals surface area contributed by atoms with Gasteiger partial charge in [0.15, 0.2) is 0 Å². The molecule has 0 amide bonds. The van der Waals surface area contributed by atoms with Crippen LogP contribution in [0.2, 0.25) is 0 Å². The van der Waals surface area contributed by atoms with Crippen LogP contribution in [-0.2, 0) is 10.8 Å². The van der Waals surface area contributed by atoms with Gasteiger partial charge < -0.3 is 14.6 Å². The van der Waals surface area contributed by atoms with Crippen molar-refractivity contribution in [3.8, 4) is 11.1 Å². The highest BCUT2D eigenvalue weighted by Crippen LogP contribution is 2.63. The summed E-state index contributed by atoms with van der Waals surface area (Å²) in [4.78, 5) is 8.13. The maximum Gasteiger partial charge on any atom is 0.333 e. The highest BCUT2D eigenvalue weighted by molar-refractivity contribution is 7.26. The highest BCUT2D eigenvalue weighted by atomic mass is 32.1. The van der Waals surface area contributed by atoms with Crippen molar-refractivity contribution >= 4 is 89.1 Å². The van der Waals surface area contributed by atoms with E-state index in [2.05, 4.69) is 202 Å². The first-order valence-electron chi connectivity index (χ1n) is 21.9. The molecule has 7 aromatic carbocycles. The predicted molar refractivity (Wildman–Crippen MR) is 259 cm³/mol. The smallest absolute Gasteiger partial charge is 0.333 e. The number of thiophene rings is 1. The van der Waals surface area contributed by atoms with E-state index in [9.17, 15) is 0 Å². The summed E-state index contributed by atoms with van der Waals surface area (Å²) in [5.74, 6) is 0. The third-order valence-electron chi connectivity index (χ3n) is 15.0. The molecule has 2 atom stereocenters. The van der Waals surface area contributed by atoms with E-state index in [0.717, 1.165) is 17.8 Å². The maximum absolute atomic E-state index is 2.89. The molecule has 2 unspecified atom stereocenters. The average Bonchev–Trinajstić information content (AvgIpc) is 3.74. The summed E-state index contributed by atoms with van der Waals surface area (Å²) >= 11 is 1.92. The summed E-state index contributed by atoms with van der Waals surface area (Å²) in [6.45, 7) is 14.7. The van der Waals surface area contributed by atoms with Crippen molar-refractivity contribution in [1.29, 1.82) is 0 Å². The maximum atomic E-state index is 2.89. The summed E-state index contributed by atoms with van der Waals surface area (Å²) in [5.41, 5.74) is 18.6. The van der Waals surface area contributed by atoms with E-state index < -0.39 is 0 Å². The number of benzene rings is 7. The highest BCUT2D eigenvalue weighted by Gasteiger charge is 2.62. The Morgan fingerprint density at radius 1 is 0.650 bits per heavy atom.